The third-order valence-electron chi connectivity index (χ3n) is 11.7. The lowest BCUT2D eigenvalue weighted by molar-refractivity contribution is -0.136. The topological polar surface area (TPSA) is 208 Å². The van der Waals surface area contributed by atoms with Crippen molar-refractivity contribution in [2.24, 2.45) is 0 Å². The molecule has 1 unspecified atom stereocenters. The fourth-order valence-electron chi connectivity index (χ4n) is 8.23. The van der Waals surface area contributed by atoms with Crippen molar-refractivity contribution in [1.82, 2.24) is 25.1 Å². The third-order valence-corrected chi connectivity index (χ3v) is 14.1. The Morgan fingerprint density at radius 2 is 1.58 bits per heavy atom. The van der Waals surface area contributed by atoms with Gasteiger partial charge in [0.05, 0.1) is 71.4 Å². The first-order chi connectivity index (χ1) is 31.6. The van der Waals surface area contributed by atoms with Gasteiger partial charge in [-0.1, -0.05) is 29.8 Å². The molecule has 0 radical (unpaired) electrons. The van der Waals surface area contributed by atoms with Crippen LogP contribution in [0.3, 0.4) is 0 Å². The number of piperidine rings is 2. The van der Waals surface area contributed by atoms with E-state index in [1.807, 2.05) is 19.9 Å². The second-order valence-electron chi connectivity index (χ2n) is 16.9. The summed E-state index contributed by atoms with van der Waals surface area (Å²) < 4.78 is 49.9. The molecule has 19 heteroatoms. The first kappa shape index (κ1) is 48.3. The number of fused-ring (bicyclic) bond motifs is 1. The van der Waals surface area contributed by atoms with E-state index in [4.69, 9.17) is 30.5 Å². The average Bonchev–Trinajstić information content (AvgIpc) is 3.54. The number of nitrogens with zero attached hydrogens (tertiary/aromatic N) is 4. The highest BCUT2D eigenvalue weighted by molar-refractivity contribution is 7.92. The standard InChI is InChI=1S/C47H56ClN7O10S/c1-28(2)65-39-26-33(30(5)25-36(39)51-47-49-27-34(48)43(53-47)50-35-10-6-7-12-40(35)66(60,61)29(3)4)31-15-17-54(18-16-31)19-20-62-21-22-63-23-24-64-38-11-8-9-32-42(38)46(59)55(45(32)58)37-13-14-41(56)52-44(37)57/h6-12,25-29,31,37H,13-24H2,1-5H3,(H,52,56,57)(H2,49,50,51,53). The van der Waals surface area contributed by atoms with Crippen molar-refractivity contribution in [3.8, 4) is 11.5 Å². The van der Waals surface area contributed by atoms with Crippen molar-refractivity contribution >= 4 is 68.2 Å². The zero-order chi connectivity index (χ0) is 47.1. The summed E-state index contributed by atoms with van der Waals surface area (Å²) in [5, 5.41) is 8.23. The van der Waals surface area contributed by atoms with Crippen molar-refractivity contribution in [2.45, 2.75) is 88.5 Å². The Labute approximate surface area is 389 Å². The third kappa shape index (κ3) is 11.1. The van der Waals surface area contributed by atoms with Crippen LogP contribution in [0.25, 0.3) is 0 Å². The van der Waals surface area contributed by atoms with Gasteiger partial charge in [-0.2, -0.15) is 4.98 Å². The molecule has 3 aliphatic heterocycles. The molecule has 3 aromatic carbocycles. The lowest BCUT2D eigenvalue weighted by Crippen LogP contribution is -2.54. The van der Waals surface area contributed by atoms with E-state index in [9.17, 15) is 27.6 Å². The number of rotatable bonds is 20. The first-order valence-corrected chi connectivity index (χ1v) is 24.1. The van der Waals surface area contributed by atoms with Crippen LogP contribution in [0.1, 0.15) is 91.1 Å². The highest BCUT2D eigenvalue weighted by Crippen LogP contribution is 2.39. The number of halogens is 1. The van der Waals surface area contributed by atoms with Crippen molar-refractivity contribution in [3.63, 3.8) is 0 Å². The van der Waals surface area contributed by atoms with Crippen LogP contribution in [0.15, 0.2) is 65.7 Å². The maximum Gasteiger partial charge on any atom is 0.266 e. The predicted molar refractivity (Wildman–Crippen MR) is 248 cm³/mol. The molecule has 4 aromatic rings. The van der Waals surface area contributed by atoms with E-state index in [-0.39, 0.29) is 70.7 Å². The van der Waals surface area contributed by atoms with Crippen LogP contribution in [-0.2, 0) is 28.9 Å². The number of sulfone groups is 1. The number of hydrogen-bond acceptors (Lipinski definition) is 15. The summed E-state index contributed by atoms with van der Waals surface area (Å²) >= 11 is 6.51. The molecule has 3 aliphatic rings. The quantitative estimate of drug-likeness (QED) is 0.0631. The maximum atomic E-state index is 13.3. The molecule has 2 saturated heterocycles. The molecule has 66 heavy (non-hydrogen) atoms. The van der Waals surface area contributed by atoms with Gasteiger partial charge in [0, 0.05) is 13.0 Å². The molecule has 0 bridgehead atoms. The minimum atomic E-state index is -3.58. The fourth-order valence-corrected chi connectivity index (χ4v) is 9.57. The minimum absolute atomic E-state index is 0.0437. The summed E-state index contributed by atoms with van der Waals surface area (Å²) in [5.74, 6) is -0.555. The van der Waals surface area contributed by atoms with Gasteiger partial charge in [-0.05, 0) is 120 Å². The van der Waals surface area contributed by atoms with Crippen LogP contribution in [0.4, 0.5) is 23.1 Å². The molecule has 1 atom stereocenters. The lowest BCUT2D eigenvalue weighted by atomic mass is 9.86. The largest absolute Gasteiger partial charge is 0.490 e. The number of aryl methyl sites for hydroxylation is 1. The highest BCUT2D eigenvalue weighted by atomic mass is 35.5. The Morgan fingerprint density at radius 3 is 2.30 bits per heavy atom. The summed E-state index contributed by atoms with van der Waals surface area (Å²) in [6, 6.07) is 14.5. The van der Waals surface area contributed by atoms with Crippen LogP contribution in [0.2, 0.25) is 5.02 Å². The van der Waals surface area contributed by atoms with Crippen molar-refractivity contribution in [2.75, 3.05) is 63.3 Å². The second-order valence-corrected chi connectivity index (χ2v) is 19.8. The Hall–Kier alpha value is -5.66. The van der Waals surface area contributed by atoms with Gasteiger partial charge in [-0.15, -0.1) is 0 Å². The van der Waals surface area contributed by atoms with Crippen molar-refractivity contribution in [1.29, 1.82) is 0 Å². The molecule has 352 valence electrons. The molecule has 17 nitrogen and oxygen atoms in total. The molecular formula is C47H56ClN7O10S. The molecule has 0 aliphatic carbocycles. The first-order valence-electron chi connectivity index (χ1n) is 22.2. The van der Waals surface area contributed by atoms with Crippen molar-refractivity contribution < 1.29 is 46.5 Å². The number of aromatic nitrogens is 2. The Balaban J connectivity index is 0.851. The van der Waals surface area contributed by atoms with Gasteiger partial charge in [-0.3, -0.25) is 29.4 Å². The van der Waals surface area contributed by atoms with Gasteiger partial charge >= 0.3 is 0 Å². The van der Waals surface area contributed by atoms with E-state index in [1.54, 1.807) is 50.2 Å². The van der Waals surface area contributed by atoms with Crippen LogP contribution < -0.4 is 25.4 Å². The summed E-state index contributed by atoms with van der Waals surface area (Å²) in [5.41, 5.74) is 3.65. The number of anilines is 4. The molecule has 7 rings (SSSR count). The second kappa shape index (κ2) is 21.3. The normalized spacial score (nSPS) is 17.1. The van der Waals surface area contributed by atoms with Crippen LogP contribution >= 0.6 is 11.6 Å². The molecule has 4 amide bonds. The number of hydrogen-bond donors (Lipinski definition) is 3. The van der Waals surface area contributed by atoms with Gasteiger partial charge in [0.1, 0.15) is 29.2 Å². The van der Waals surface area contributed by atoms with Gasteiger partial charge in [0.25, 0.3) is 11.8 Å². The number of carbonyl (C=O) groups is 4. The summed E-state index contributed by atoms with van der Waals surface area (Å²) in [7, 11) is -3.58. The average molecular weight is 947 g/mol. The van der Waals surface area contributed by atoms with E-state index in [0.717, 1.165) is 42.9 Å². The number of imide groups is 2. The molecule has 3 N–H and O–H groups in total. The van der Waals surface area contributed by atoms with Gasteiger partial charge < -0.3 is 34.5 Å². The molecule has 0 saturated carbocycles. The number of amides is 4. The van der Waals surface area contributed by atoms with E-state index in [0.29, 0.717) is 42.9 Å². The van der Waals surface area contributed by atoms with Crippen LogP contribution in [0, 0.1) is 6.92 Å². The SMILES string of the molecule is Cc1cc(Nc2ncc(Cl)c(Nc3ccccc3S(=O)(=O)C(C)C)n2)c(OC(C)C)cc1C1CCN(CCOCCOCCOc2cccc3c2C(=O)N(C2CCC(=O)NC2=O)C3=O)CC1. The fraction of sp³-hybridized carbons (Fsp3) is 0.447. The predicted octanol–water partition coefficient (Wildman–Crippen LogP) is 6.59. The highest BCUT2D eigenvalue weighted by Gasteiger charge is 2.46. The molecule has 0 spiro atoms. The van der Waals surface area contributed by atoms with Gasteiger partial charge in [0.2, 0.25) is 17.8 Å². The zero-order valence-corrected chi connectivity index (χ0v) is 39.3. The number of para-hydroxylation sites is 1. The Bertz CT molecular complexity index is 2570. The molecule has 2 fully saturated rings. The van der Waals surface area contributed by atoms with Gasteiger partial charge in [0.15, 0.2) is 15.7 Å². The van der Waals surface area contributed by atoms with E-state index < -0.39 is 44.8 Å². The van der Waals surface area contributed by atoms with E-state index in [2.05, 4.69) is 43.8 Å². The Morgan fingerprint density at radius 1 is 0.848 bits per heavy atom. The number of ether oxygens (including phenoxy) is 4. The number of carbonyl (C=O) groups excluding carboxylic acids is 4. The summed E-state index contributed by atoms with van der Waals surface area (Å²) in [6.07, 6.45) is 3.43. The maximum absolute atomic E-state index is 13.3. The number of nitrogens with one attached hydrogen (secondary N) is 3. The lowest BCUT2D eigenvalue weighted by Gasteiger charge is -2.33. The molecule has 1 aromatic heterocycles. The van der Waals surface area contributed by atoms with Crippen molar-refractivity contribution in [3.05, 3.63) is 88.1 Å². The molecule has 4 heterocycles. The summed E-state index contributed by atoms with van der Waals surface area (Å²) in [6.45, 7) is 13.6. The van der Waals surface area contributed by atoms with Gasteiger partial charge in [-0.25, -0.2) is 13.4 Å². The van der Waals surface area contributed by atoms with Crippen LogP contribution in [-0.4, -0.2) is 122 Å². The minimum Gasteiger partial charge on any atom is -0.490 e. The smallest absolute Gasteiger partial charge is 0.266 e. The Kier molecular flexibility index (Phi) is 15.6. The van der Waals surface area contributed by atoms with E-state index >= 15 is 0 Å². The van der Waals surface area contributed by atoms with E-state index in [1.165, 1.54) is 17.8 Å². The number of likely N-dealkylation sites (tertiary alicyclic amines) is 1. The van der Waals surface area contributed by atoms with Crippen LogP contribution in [0.5, 0.6) is 11.5 Å². The monoisotopic (exact) mass is 945 g/mol. The number of benzene rings is 3. The zero-order valence-electron chi connectivity index (χ0n) is 37.7. The molecular weight excluding hydrogens is 890 g/mol. The summed E-state index contributed by atoms with van der Waals surface area (Å²) in [4.78, 5) is 62.8.